The molecule has 0 saturated carbocycles. The first-order chi connectivity index (χ1) is 11.6. The Labute approximate surface area is 153 Å². The third-order valence-corrected chi connectivity index (χ3v) is 4.88. The van der Waals surface area contributed by atoms with Crippen molar-refractivity contribution >= 4 is 50.4 Å². The van der Waals surface area contributed by atoms with Gasteiger partial charge in [0.1, 0.15) is 0 Å². The Balaban J connectivity index is 2.02. The van der Waals surface area contributed by atoms with Gasteiger partial charge in [0, 0.05) is 27.3 Å². The number of fused-ring (bicyclic) bond motifs is 2. The number of hydrogen-bond acceptors (Lipinski definition) is 2. The monoisotopic (exact) mass is 435 g/mol. The molecule has 0 spiro atoms. The van der Waals surface area contributed by atoms with Crippen molar-refractivity contribution in [2.24, 2.45) is 0 Å². The minimum Gasteiger partial charge on any atom is -0.481 e. The highest BCUT2D eigenvalue weighted by Crippen LogP contribution is 2.22. The number of benzene rings is 2. The molecule has 0 atom stereocenters. The lowest BCUT2D eigenvalue weighted by molar-refractivity contribution is -0.137. The fourth-order valence-corrected chi connectivity index (χ4v) is 3.56. The van der Waals surface area contributed by atoms with Gasteiger partial charge in [-0.15, -0.1) is 0 Å². The minimum absolute atomic E-state index is 0.0706. The van der Waals surface area contributed by atoms with Crippen LogP contribution in [0.25, 0.3) is 21.8 Å². The minimum atomic E-state index is -0.746. The van der Waals surface area contributed by atoms with Gasteiger partial charge in [0.05, 0.1) is 11.0 Å². The molecule has 4 nitrogen and oxygen atoms in total. The van der Waals surface area contributed by atoms with Crippen molar-refractivity contribution in [2.45, 2.75) is 32.2 Å². The number of carbonyl (C=O) groups is 1. The van der Waals surface area contributed by atoms with Gasteiger partial charge in [-0.2, -0.15) is 0 Å². The second-order valence-corrected chi connectivity index (χ2v) is 7.11. The van der Waals surface area contributed by atoms with Crippen molar-refractivity contribution in [1.82, 2.24) is 4.57 Å². The van der Waals surface area contributed by atoms with Crippen LogP contribution in [0, 0.1) is 3.57 Å². The lowest BCUT2D eigenvalue weighted by Gasteiger charge is -2.15. The Bertz CT molecular complexity index is 962. The van der Waals surface area contributed by atoms with Crippen LogP contribution in [0.15, 0.2) is 47.3 Å². The molecule has 2 aromatic carbocycles. The zero-order valence-corrected chi connectivity index (χ0v) is 15.3. The lowest BCUT2D eigenvalue weighted by Crippen LogP contribution is -2.12. The number of aliphatic carboxylic acids is 1. The number of nitrogens with zero attached hydrogens (tertiary/aromatic N) is 1. The molecular weight excluding hydrogens is 417 g/mol. The van der Waals surface area contributed by atoms with Crippen LogP contribution in [-0.4, -0.2) is 15.6 Å². The number of carboxylic acids is 1. The van der Waals surface area contributed by atoms with Crippen LogP contribution in [0.5, 0.6) is 0 Å². The molecule has 124 valence electrons. The molecule has 3 rings (SSSR count). The number of pyridine rings is 1. The van der Waals surface area contributed by atoms with E-state index in [1.54, 1.807) is 0 Å². The predicted molar refractivity (Wildman–Crippen MR) is 105 cm³/mol. The van der Waals surface area contributed by atoms with E-state index in [9.17, 15) is 9.59 Å². The molecule has 0 bridgehead atoms. The van der Waals surface area contributed by atoms with E-state index < -0.39 is 5.97 Å². The van der Waals surface area contributed by atoms with Gasteiger partial charge in [-0.25, -0.2) is 0 Å². The van der Waals surface area contributed by atoms with Crippen molar-refractivity contribution in [3.63, 3.8) is 0 Å². The molecular formula is C19H18INO3. The number of aryl methyl sites for hydroxylation is 1. The van der Waals surface area contributed by atoms with Crippen LogP contribution in [0.1, 0.15) is 25.7 Å². The summed E-state index contributed by atoms with van der Waals surface area (Å²) in [5.41, 5.74) is 1.95. The van der Waals surface area contributed by atoms with E-state index in [0.29, 0.717) is 6.42 Å². The molecule has 0 saturated heterocycles. The quantitative estimate of drug-likeness (QED) is 0.355. The van der Waals surface area contributed by atoms with E-state index in [2.05, 4.69) is 27.2 Å². The van der Waals surface area contributed by atoms with E-state index in [0.717, 1.165) is 44.8 Å². The molecule has 0 unspecified atom stereocenters. The highest BCUT2D eigenvalue weighted by atomic mass is 127. The first-order valence-corrected chi connectivity index (χ1v) is 9.08. The SMILES string of the molecule is O=C(O)CCCCCn1c2ccccc2c(=O)c2cc(I)ccc21. The van der Waals surface area contributed by atoms with Gasteiger partial charge in [-0.1, -0.05) is 18.6 Å². The third kappa shape index (κ3) is 3.45. The standard InChI is InChI=1S/C19H18INO3/c20-13-9-10-17-15(12-13)19(24)14-6-3-4-7-16(14)21(17)11-5-1-2-8-18(22)23/h3-4,6-7,9-10,12H,1-2,5,8,11H2,(H,22,23). The van der Waals surface area contributed by atoms with Gasteiger partial charge in [-0.3, -0.25) is 9.59 Å². The van der Waals surface area contributed by atoms with Crippen LogP contribution in [-0.2, 0) is 11.3 Å². The highest BCUT2D eigenvalue weighted by Gasteiger charge is 2.10. The number of aromatic nitrogens is 1. The van der Waals surface area contributed by atoms with Crippen LogP contribution in [0.4, 0.5) is 0 Å². The summed E-state index contributed by atoms with van der Waals surface area (Å²) in [6, 6.07) is 13.6. The van der Waals surface area contributed by atoms with Gasteiger partial charge in [0.2, 0.25) is 0 Å². The maximum Gasteiger partial charge on any atom is 0.303 e. The average Bonchev–Trinajstić information content (AvgIpc) is 2.57. The largest absolute Gasteiger partial charge is 0.481 e. The van der Waals surface area contributed by atoms with Crippen molar-refractivity contribution in [2.75, 3.05) is 0 Å². The molecule has 0 aliphatic carbocycles. The maximum absolute atomic E-state index is 12.8. The summed E-state index contributed by atoms with van der Waals surface area (Å²) in [4.78, 5) is 23.4. The van der Waals surface area contributed by atoms with Crippen LogP contribution < -0.4 is 5.43 Å². The summed E-state index contributed by atoms with van der Waals surface area (Å²) in [6.07, 6.45) is 2.65. The van der Waals surface area contributed by atoms with E-state index in [1.807, 2.05) is 42.5 Å². The van der Waals surface area contributed by atoms with Gasteiger partial charge < -0.3 is 9.67 Å². The first-order valence-electron chi connectivity index (χ1n) is 8.00. The molecule has 0 radical (unpaired) electrons. The third-order valence-electron chi connectivity index (χ3n) is 4.21. The second kappa shape index (κ2) is 7.34. The maximum atomic E-state index is 12.8. The first kappa shape index (κ1) is 17.0. The fraction of sp³-hybridized carbons (Fsp3) is 0.263. The summed E-state index contributed by atoms with van der Waals surface area (Å²) in [5.74, 6) is -0.746. The average molecular weight is 435 g/mol. The number of rotatable bonds is 6. The molecule has 0 fully saturated rings. The Morgan fingerprint density at radius 3 is 2.54 bits per heavy atom. The summed E-state index contributed by atoms with van der Waals surface area (Å²) in [7, 11) is 0. The Hall–Kier alpha value is -1.89. The molecule has 3 aromatic rings. The Kier molecular flexibility index (Phi) is 5.18. The fourth-order valence-electron chi connectivity index (χ4n) is 3.07. The number of carboxylic acid groups (broad SMARTS) is 1. The zero-order chi connectivity index (χ0) is 17.1. The number of unbranched alkanes of at least 4 members (excludes halogenated alkanes) is 2. The molecule has 1 heterocycles. The van der Waals surface area contributed by atoms with Gasteiger partial charge in [0.15, 0.2) is 5.43 Å². The van der Waals surface area contributed by atoms with E-state index >= 15 is 0 Å². The van der Waals surface area contributed by atoms with Gasteiger partial charge >= 0.3 is 5.97 Å². The van der Waals surface area contributed by atoms with Crippen LogP contribution in [0.2, 0.25) is 0 Å². The van der Waals surface area contributed by atoms with Crippen molar-refractivity contribution in [3.8, 4) is 0 Å². The molecule has 0 aliphatic heterocycles. The molecule has 24 heavy (non-hydrogen) atoms. The van der Waals surface area contributed by atoms with Crippen molar-refractivity contribution in [1.29, 1.82) is 0 Å². The Morgan fingerprint density at radius 1 is 1.00 bits per heavy atom. The van der Waals surface area contributed by atoms with E-state index in [1.165, 1.54) is 0 Å². The molecule has 5 heteroatoms. The van der Waals surface area contributed by atoms with Gasteiger partial charge in [-0.05, 0) is 65.8 Å². The number of halogens is 1. The van der Waals surface area contributed by atoms with Crippen molar-refractivity contribution < 1.29 is 9.90 Å². The molecule has 0 aliphatic rings. The van der Waals surface area contributed by atoms with E-state index in [-0.39, 0.29) is 11.8 Å². The number of hydrogen-bond donors (Lipinski definition) is 1. The smallest absolute Gasteiger partial charge is 0.303 e. The topological polar surface area (TPSA) is 59.3 Å². The summed E-state index contributed by atoms with van der Waals surface area (Å²) in [6.45, 7) is 0.775. The normalized spacial score (nSPS) is 11.2. The lowest BCUT2D eigenvalue weighted by atomic mass is 10.1. The second-order valence-electron chi connectivity index (χ2n) is 5.86. The summed E-state index contributed by atoms with van der Waals surface area (Å²) >= 11 is 2.22. The van der Waals surface area contributed by atoms with Crippen LogP contribution >= 0.6 is 22.6 Å². The predicted octanol–water partition coefficient (Wildman–Crippen LogP) is 4.40. The van der Waals surface area contributed by atoms with Crippen molar-refractivity contribution in [3.05, 3.63) is 56.3 Å². The Morgan fingerprint density at radius 2 is 1.75 bits per heavy atom. The zero-order valence-electron chi connectivity index (χ0n) is 13.2. The van der Waals surface area contributed by atoms with E-state index in [4.69, 9.17) is 5.11 Å². The summed E-state index contributed by atoms with van der Waals surface area (Å²) < 4.78 is 3.23. The summed E-state index contributed by atoms with van der Waals surface area (Å²) in [5, 5.41) is 10.2. The van der Waals surface area contributed by atoms with Gasteiger partial charge in [0.25, 0.3) is 0 Å². The highest BCUT2D eigenvalue weighted by molar-refractivity contribution is 14.1. The molecule has 1 aromatic heterocycles. The van der Waals surface area contributed by atoms with Crippen LogP contribution in [0.3, 0.4) is 0 Å². The molecule has 1 N–H and O–H groups in total. The number of para-hydroxylation sites is 1. The molecule has 0 amide bonds.